The Bertz CT molecular complexity index is 832. The van der Waals surface area contributed by atoms with Gasteiger partial charge in [-0.1, -0.05) is 18.2 Å². The van der Waals surface area contributed by atoms with Crippen LogP contribution in [0.5, 0.6) is 0 Å². The van der Waals surface area contributed by atoms with Crippen molar-refractivity contribution in [1.82, 2.24) is 9.97 Å². The highest BCUT2D eigenvalue weighted by atomic mass is 32.1. The van der Waals surface area contributed by atoms with Gasteiger partial charge in [0.25, 0.3) is 0 Å². The molecule has 0 aliphatic rings. The zero-order valence-corrected chi connectivity index (χ0v) is 12.6. The number of anilines is 1. The van der Waals surface area contributed by atoms with E-state index >= 15 is 0 Å². The smallest absolute Gasteiger partial charge is 0.145 e. The van der Waals surface area contributed by atoms with Crippen LogP contribution in [0.4, 0.5) is 5.82 Å². The molecule has 0 radical (unpaired) electrons. The molecule has 0 saturated heterocycles. The minimum atomic E-state index is 0.0180. The van der Waals surface area contributed by atoms with Crippen LogP contribution >= 0.6 is 11.3 Å². The fourth-order valence-corrected chi connectivity index (χ4v) is 2.93. The molecule has 0 aliphatic carbocycles. The third-order valence-electron chi connectivity index (χ3n) is 3.21. The Labute approximate surface area is 127 Å². The Kier molecular flexibility index (Phi) is 3.55. The second-order valence-corrected chi connectivity index (χ2v) is 6.13. The van der Waals surface area contributed by atoms with Crippen molar-refractivity contribution in [2.24, 2.45) is 0 Å². The van der Waals surface area contributed by atoms with Gasteiger partial charge in [-0.05, 0) is 26.0 Å². The van der Waals surface area contributed by atoms with E-state index in [2.05, 4.69) is 21.4 Å². The van der Waals surface area contributed by atoms with Gasteiger partial charge in [0, 0.05) is 16.5 Å². The van der Waals surface area contributed by atoms with E-state index in [1.807, 2.05) is 50.4 Å². The Balaban J connectivity index is 1.97. The number of fused-ring (bicyclic) bond motifs is 1. The maximum absolute atomic E-state index is 9.32. The summed E-state index contributed by atoms with van der Waals surface area (Å²) in [6, 6.07) is 11.9. The molecule has 0 amide bonds. The van der Waals surface area contributed by atoms with Crippen LogP contribution < -0.4 is 5.32 Å². The van der Waals surface area contributed by atoms with Crippen molar-refractivity contribution in [3.63, 3.8) is 0 Å². The van der Waals surface area contributed by atoms with E-state index in [-0.39, 0.29) is 6.04 Å². The van der Waals surface area contributed by atoms with E-state index in [0.29, 0.717) is 11.4 Å². The lowest BCUT2D eigenvalue weighted by molar-refractivity contribution is 0.861. The monoisotopic (exact) mass is 294 g/mol. The first-order chi connectivity index (χ1) is 10.2. The van der Waals surface area contributed by atoms with E-state index in [1.54, 1.807) is 11.3 Å². The molecular weight excluding hydrogens is 280 g/mol. The maximum Gasteiger partial charge on any atom is 0.145 e. The first kappa shape index (κ1) is 13.5. The second-order valence-electron chi connectivity index (χ2n) is 4.86. The highest BCUT2D eigenvalue weighted by Crippen LogP contribution is 2.26. The molecular formula is C16H14N4S. The zero-order chi connectivity index (χ0) is 14.8. The Hall–Kier alpha value is -2.45. The number of hydrogen-bond donors (Lipinski definition) is 1. The predicted octanol–water partition coefficient (Wildman–Crippen LogP) is 4.04. The van der Waals surface area contributed by atoms with Crippen LogP contribution in [0, 0.1) is 18.3 Å². The summed E-state index contributed by atoms with van der Waals surface area (Å²) < 4.78 is 0. The standard InChI is InChI=1S/C16H14N4S/c1-10-9-18-16(21-10)11(2)19-15-13(8-17)7-12-5-3-4-6-14(12)20-15/h3-7,9,11H,1-2H3,(H,19,20). The molecule has 5 heteroatoms. The first-order valence-electron chi connectivity index (χ1n) is 6.66. The number of para-hydroxylation sites is 1. The molecule has 1 N–H and O–H groups in total. The third kappa shape index (κ3) is 2.71. The zero-order valence-electron chi connectivity index (χ0n) is 11.8. The molecule has 0 bridgehead atoms. The minimum absolute atomic E-state index is 0.0180. The molecule has 3 aromatic rings. The number of benzene rings is 1. The number of nitrogens with one attached hydrogen (secondary N) is 1. The summed E-state index contributed by atoms with van der Waals surface area (Å²) in [5, 5.41) is 14.6. The Morgan fingerprint density at radius 3 is 2.86 bits per heavy atom. The quantitative estimate of drug-likeness (QED) is 0.791. The summed E-state index contributed by atoms with van der Waals surface area (Å²) in [7, 11) is 0. The number of rotatable bonds is 3. The van der Waals surface area contributed by atoms with E-state index < -0.39 is 0 Å². The third-order valence-corrected chi connectivity index (χ3v) is 4.30. The topological polar surface area (TPSA) is 61.6 Å². The molecule has 1 atom stereocenters. The van der Waals surface area contributed by atoms with E-state index in [0.717, 1.165) is 15.9 Å². The number of hydrogen-bond acceptors (Lipinski definition) is 5. The second kappa shape index (κ2) is 5.51. The molecule has 0 saturated carbocycles. The highest BCUT2D eigenvalue weighted by Gasteiger charge is 2.13. The molecule has 2 aromatic heterocycles. The van der Waals surface area contributed by atoms with Crippen LogP contribution in [0.15, 0.2) is 36.5 Å². The number of thiazole rings is 1. The maximum atomic E-state index is 9.32. The average Bonchev–Trinajstić information content (AvgIpc) is 2.93. The Morgan fingerprint density at radius 2 is 2.14 bits per heavy atom. The van der Waals surface area contributed by atoms with Gasteiger partial charge in [-0.2, -0.15) is 5.26 Å². The van der Waals surface area contributed by atoms with Gasteiger partial charge < -0.3 is 5.32 Å². The van der Waals surface area contributed by atoms with Crippen LogP contribution in [0.25, 0.3) is 10.9 Å². The number of aromatic nitrogens is 2. The molecule has 2 heterocycles. The summed E-state index contributed by atoms with van der Waals surface area (Å²) in [5.41, 5.74) is 1.43. The van der Waals surface area contributed by atoms with Crippen molar-refractivity contribution in [3.8, 4) is 6.07 Å². The summed E-state index contributed by atoms with van der Waals surface area (Å²) >= 11 is 1.65. The number of pyridine rings is 1. The van der Waals surface area contributed by atoms with Gasteiger partial charge in [0.15, 0.2) is 0 Å². The molecule has 1 aromatic carbocycles. The number of aryl methyl sites for hydroxylation is 1. The summed E-state index contributed by atoms with van der Waals surface area (Å²) in [5.74, 6) is 0.608. The molecule has 0 fully saturated rings. The van der Waals surface area contributed by atoms with Crippen molar-refractivity contribution in [3.05, 3.63) is 52.0 Å². The van der Waals surface area contributed by atoms with Gasteiger partial charge >= 0.3 is 0 Å². The van der Waals surface area contributed by atoms with Gasteiger partial charge in [-0.25, -0.2) is 9.97 Å². The van der Waals surface area contributed by atoms with Crippen molar-refractivity contribution in [1.29, 1.82) is 5.26 Å². The van der Waals surface area contributed by atoms with Crippen LogP contribution in [0.3, 0.4) is 0 Å². The normalized spacial score (nSPS) is 12.0. The minimum Gasteiger partial charge on any atom is -0.360 e. The van der Waals surface area contributed by atoms with E-state index in [9.17, 15) is 5.26 Å². The summed E-state index contributed by atoms with van der Waals surface area (Å²) in [6.45, 7) is 4.05. The molecule has 4 nitrogen and oxygen atoms in total. The van der Waals surface area contributed by atoms with Crippen LogP contribution in [0.1, 0.15) is 28.4 Å². The van der Waals surface area contributed by atoms with Crippen molar-refractivity contribution < 1.29 is 0 Å². The highest BCUT2D eigenvalue weighted by molar-refractivity contribution is 7.11. The van der Waals surface area contributed by atoms with Gasteiger partial charge in [0.2, 0.25) is 0 Å². The fourth-order valence-electron chi connectivity index (χ4n) is 2.15. The van der Waals surface area contributed by atoms with Crippen LogP contribution in [-0.2, 0) is 0 Å². The molecule has 104 valence electrons. The SMILES string of the molecule is Cc1cnc(C(C)Nc2nc3ccccc3cc2C#N)s1. The lowest BCUT2D eigenvalue weighted by atomic mass is 10.1. The largest absolute Gasteiger partial charge is 0.360 e. The molecule has 21 heavy (non-hydrogen) atoms. The predicted molar refractivity (Wildman–Crippen MR) is 85.3 cm³/mol. The fraction of sp³-hybridized carbons (Fsp3) is 0.188. The van der Waals surface area contributed by atoms with Crippen molar-refractivity contribution in [2.75, 3.05) is 5.32 Å². The lowest BCUT2D eigenvalue weighted by Gasteiger charge is -2.13. The van der Waals surface area contributed by atoms with Crippen molar-refractivity contribution in [2.45, 2.75) is 19.9 Å². The Morgan fingerprint density at radius 1 is 1.33 bits per heavy atom. The lowest BCUT2D eigenvalue weighted by Crippen LogP contribution is -2.09. The molecule has 0 spiro atoms. The summed E-state index contributed by atoms with van der Waals surface area (Å²) in [6.07, 6.45) is 1.86. The van der Waals surface area contributed by atoms with Gasteiger partial charge in [0.1, 0.15) is 16.9 Å². The van der Waals surface area contributed by atoms with E-state index in [4.69, 9.17) is 0 Å². The molecule has 0 aliphatic heterocycles. The number of nitriles is 1. The van der Waals surface area contributed by atoms with Crippen molar-refractivity contribution >= 4 is 28.1 Å². The van der Waals surface area contributed by atoms with E-state index in [1.165, 1.54) is 4.88 Å². The van der Waals surface area contributed by atoms with Gasteiger partial charge in [0.05, 0.1) is 17.1 Å². The van der Waals surface area contributed by atoms with Crippen LogP contribution in [-0.4, -0.2) is 9.97 Å². The molecule has 3 rings (SSSR count). The van der Waals surface area contributed by atoms with Gasteiger partial charge in [-0.3, -0.25) is 0 Å². The first-order valence-corrected chi connectivity index (χ1v) is 7.48. The van der Waals surface area contributed by atoms with Gasteiger partial charge in [-0.15, -0.1) is 11.3 Å². The average molecular weight is 294 g/mol. The summed E-state index contributed by atoms with van der Waals surface area (Å²) in [4.78, 5) is 10.1. The number of nitrogens with zero attached hydrogens (tertiary/aromatic N) is 3. The molecule has 1 unspecified atom stereocenters. The van der Waals surface area contributed by atoms with Crippen LogP contribution in [0.2, 0.25) is 0 Å².